The van der Waals surface area contributed by atoms with E-state index in [4.69, 9.17) is 4.74 Å². The molecular formula is C20H25FO2. The summed E-state index contributed by atoms with van der Waals surface area (Å²) in [5, 5.41) is 11.1. The van der Waals surface area contributed by atoms with Crippen LogP contribution in [-0.2, 0) is 13.3 Å². The highest BCUT2D eigenvalue weighted by atomic mass is 19.1. The molecule has 0 heterocycles. The third-order valence-corrected chi connectivity index (χ3v) is 4.90. The quantitative estimate of drug-likeness (QED) is 0.859. The van der Waals surface area contributed by atoms with Crippen molar-refractivity contribution in [1.82, 2.24) is 0 Å². The summed E-state index contributed by atoms with van der Waals surface area (Å²) in [5.74, 6) is 1.98. The maximum atomic E-state index is 13.7. The minimum absolute atomic E-state index is 0.00298. The number of benzene rings is 2. The third-order valence-electron chi connectivity index (χ3n) is 4.90. The molecule has 2 nitrogen and oxygen atoms in total. The number of halogens is 1. The molecule has 3 atom stereocenters. The van der Waals surface area contributed by atoms with E-state index in [1.807, 2.05) is 30.3 Å². The summed E-state index contributed by atoms with van der Waals surface area (Å²) in [6.07, 6.45) is 3.50. The van der Waals surface area contributed by atoms with Crippen molar-refractivity contribution in [2.75, 3.05) is 0 Å². The summed E-state index contributed by atoms with van der Waals surface area (Å²) in [5.41, 5.74) is 1.46. The Balaban J connectivity index is 1.91. The average molecular weight is 316 g/mol. The fourth-order valence-electron chi connectivity index (χ4n) is 3.92. The van der Waals surface area contributed by atoms with Gasteiger partial charge in [0.1, 0.15) is 12.4 Å². The molecule has 2 aromatic carbocycles. The van der Waals surface area contributed by atoms with Crippen LogP contribution >= 0.6 is 0 Å². The van der Waals surface area contributed by atoms with E-state index in [2.05, 4.69) is 13.8 Å². The topological polar surface area (TPSA) is 29.5 Å². The lowest BCUT2D eigenvalue weighted by Gasteiger charge is -2.32. The summed E-state index contributed by atoms with van der Waals surface area (Å²) in [7, 11) is 0. The van der Waals surface area contributed by atoms with E-state index in [1.165, 1.54) is 6.42 Å². The van der Waals surface area contributed by atoms with E-state index >= 15 is 0 Å². The summed E-state index contributed by atoms with van der Waals surface area (Å²) < 4.78 is 19.9. The monoisotopic (exact) mass is 316 g/mol. The number of aliphatic hydroxyl groups excluding tert-OH is 1. The van der Waals surface area contributed by atoms with Gasteiger partial charge in [0.2, 0.25) is 0 Å². The fourth-order valence-corrected chi connectivity index (χ4v) is 3.92. The van der Waals surface area contributed by atoms with E-state index in [0.717, 1.165) is 29.2 Å². The molecule has 1 aliphatic carbocycles. The Morgan fingerprint density at radius 1 is 1.09 bits per heavy atom. The molecule has 0 radical (unpaired) electrons. The van der Waals surface area contributed by atoms with Crippen molar-refractivity contribution >= 4 is 10.8 Å². The molecule has 2 aromatic rings. The predicted octanol–water partition coefficient (Wildman–Crippen LogP) is 5.01. The van der Waals surface area contributed by atoms with Gasteiger partial charge < -0.3 is 9.84 Å². The van der Waals surface area contributed by atoms with Crippen LogP contribution in [0.2, 0.25) is 0 Å². The van der Waals surface area contributed by atoms with Gasteiger partial charge in [-0.05, 0) is 59.6 Å². The minimum atomic E-state index is -0.539. The summed E-state index contributed by atoms with van der Waals surface area (Å²) in [6, 6.07) is 9.47. The van der Waals surface area contributed by atoms with E-state index in [9.17, 15) is 9.50 Å². The number of hydrogen-bond donors (Lipinski definition) is 1. The normalized spacial score (nSPS) is 24.8. The molecule has 1 saturated carbocycles. The first-order chi connectivity index (χ1) is 11.1. The smallest absolute Gasteiger partial charge is 0.126 e. The molecule has 1 fully saturated rings. The second-order valence-corrected chi connectivity index (χ2v) is 7.05. The molecule has 1 N–H and O–H groups in total. The van der Waals surface area contributed by atoms with Crippen LogP contribution in [0.3, 0.4) is 0 Å². The highest BCUT2D eigenvalue weighted by Crippen LogP contribution is 2.35. The van der Waals surface area contributed by atoms with Gasteiger partial charge in [-0.25, -0.2) is 4.39 Å². The molecule has 0 amide bonds. The van der Waals surface area contributed by atoms with Crippen molar-refractivity contribution < 1.29 is 14.2 Å². The lowest BCUT2D eigenvalue weighted by atomic mass is 9.82. The number of aliphatic hydroxyl groups is 1. The predicted molar refractivity (Wildman–Crippen MR) is 91.3 cm³/mol. The molecule has 1 aliphatic rings. The molecule has 3 rings (SSSR count). The lowest BCUT2D eigenvalue weighted by molar-refractivity contribution is 0.0997. The zero-order valence-corrected chi connectivity index (χ0v) is 13.9. The number of alkyl halides is 1. The van der Waals surface area contributed by atoms with Crippen molar-refractivity contribution in [3.63, 3.8) is 0 Å². The van der Waals surface area contributed by atoms with E-state index in [1.54, 1.807) is 0 Å². The van der Waals surface area contributed by atoms with Crippen LogP contribution in [0.1, 0.15) is 44.2 Å². The molecule has 124 valence electrons. The van der Waals surface area contributed by atoms with E-state index in [-0.39, 0.29) is 12.7 Å². The maximum Gasteiger partial charge on any atom is 0.126 e. The van der Waals surface area contributed by atoms with Crippen LogP contribution in [-0.4, -0.2) is 11.2 Å². The van der Waals surface area contributed by atoms with Crippen molar-refractivity contribution in [3.05, 3.63) is 41.5 Å². The van der Waals surface area contributed by atoms with E-state index in [0.29, 0.717) is 23.1 Å². The Bertz CT molecular complexity index is 673. The highest BCUT2D eigenvalue weighted by molar-refractivity contribution is 5.88. The summed E-state index contributed by atoms with van der Waals surface area (Å²) >= 11 is 0. The number of fused-ring (bicyclic) bond motifs is 1. The number of hydrogen-bond acceptors (Lipinski definition) is 2. The van der Waals surface area contributed by atoms with Crippen molar-refractivity contribution in [2.24, 2.45) is 11.8 Å². The Labute approximate surface area is 137 Å². The van der Waals surface area contributed by atoms with Crippen molar-refractivity contribution in [1.29, 1.82) is 0 Å². The van der Waals surface area contributed by atoms with Crippen LogP contribution < -0.4 is 4.74 Å². The van der Waals surface area contributed by atoms with Crippen LogP contribution in [0.4, 0.5) is 4.39 Å². The Morgan fingerprint density at radius 2 is 1.83 bits per heavy atom. The Morgan fingerprint density at radius 3 is 2.48 bits per heavy atom. The molecule has 1 unspecified atom stereocenters. The van der Waals surface area contributed by atoms with Crippen molar-refractivity contribution in [3.8, 4) is 5.75 Å². The molecule has 0 saturated heterocycles. The van der Waals surface area contributed by atoms with Gasteiger partial charge in [-0.3, -0.25) is 0 Å². The Kier molecular flexibility index (Phi) is 4.86. The zero-order valence-electron chi connectivity index (χ0n) is 13.9. The number of ether oxygens (including phenoxy) is 1. The molecule has 0 aliphatic heterocycles. The second kappa shape index (κ2) is 6.88. The Hall–Kier alpha value is -1.61. The average Bonchev–Trinajstić information content (AvgIpc) is 2.53. The molecule has 0 aromatic heterocycles. The standard InChI is InChI=1S/C20H25FO2/c1-13-7-14(2)9-17(8-13)23-20-6-4-16-10-15(12-22)3-5-18(16)19(20)11-21/h3-6,10,13-14,17,22H,7-9,11-12H2,1-2H3/t13-,14+,17?. The first kappa shape index (κ1) is 16.3. The zero-order chi connectivity index (χ0) is 16.4. The maximum absolute atomic E-state index is 13.7. The van der Waals surface area contributed by atoms with Crippen LogP contribution in [0, 0.1) is 11.8 Å². The molecule has 3 heteroatoms. The van der Waals surface area contributed by atoms with Gasteiger partial charge in [0.15, 0.2) is 0 Å². The van der Waals surface area contributed by atoms with Gasteiger partial charge in [0.05, 0.1) is 12.7 Å². The first-order valence-electron chi connectivity index (χ1n) is 8.48. The van der Waals surface area contributed by atoms with Gasteiger partial charge in [-0.1, -0.05) is 32.0 Å². The van der Waals surface area contributed by atoms with Gasteiger partial charge in [-0.2, -0.15) is 0 Å². The fraction of sp³-hybridized carbons (Fsp3) is 0.500. The number of rotatable bonds is 4. The minimum Gasteiger partial charge on any atom is -0.490 e. The second-order valence-electron chi connectivity index (χ2n) is 7.05. The highest BCUT2D eigenvalue weighted by Gasteiger charge is 2.26. The summed E-state index contributed by atoms with van der Waals surface area (Å²) in [6.45, 7) is 3.98. The van der Waals surface area contributed by atoms with Gasteiger partial charge in [-0.15, -0.1) is 0 Å². The lowest BCUT2D eigenvalue weighted by Crippen LogP contribution is -2.28. The van der Waals surface area contributed by atoms with Crippen LogP contribution in [0.25, 0.3) is 10.8 Å². The first-order valence-corrected chi connectivity index (χ1v) is 8.48. The van der Waals surface area contributed by atoms with Gasteiger partial charge >= 0.3 is 0 Å². The summed E-state index contributed by atoms with van der Waals surface area (Å²) in [4.78, 5) is 0. The molecule has 23 heavy (non-hydrogen) atoms. The largest absolute Gasteiger partial charge is 0.490 e. The van der Waals surface area contributed by atoms with Crippen LogP contribution in [0.5, 0.6) is 5.75 Å². The van der Waals surface area contributed by atoms with E-state index < -0.39 is 6.67 Å². The molecular weight excluding hydrogens is 291 g/mol. The van der Waals surface area contributed by atoms with Crippen LogP contribution in [0.15, 0.2) is 30.3 Å². The van der Waals surface area contributed by atoms with Gasteiger partial charge in [0.25, 0.3) is 0 Å². The van der Waals surface area contributed by atoms with Crippen molar-refractivity contribution in [2.45, 2.75) is 52.5 Å². The third kappa shape index (κ3) is 3.50. The molecule has 0 bridgehead atoms. The van der Waals surface area contributed by atoms with Gasteiger partial charge in [0, 0.05) is 5.56 Å². The SMILES string of the molecule is C[C@@H]1CC(Oc2ccc3cc(CO)ccc3c2CF)C[C@H](C)C1. The molecule has 0 spiro atoms.